The number of carbonyl (C=O) groups excluding carboxylic acids is 1. The maximum atomic E-state index is 13.5. The predicted octanol–water partition coefficient (Wildman–Crippen LogP) is 4.46. The molecule has 1 saturated carbocycles. The third kappa shape index (κ3) is 3.20. The molecule has 1 aliphatic carbocycles. The highest BCUT2D eigenvalue weighted by atomic mass is 35.5. The first kappa shape index (κ1) is 21.2. The fraction of sp³-hybridized carbons (Fsp3) is 0.333. The molecule has 0 spiro atoms. The molecule has 2 heterocycles. The number of nitrogens with one attached hydrogen (secondary N) is 1. The molecule has 0 radical (unpaired) electrons. The molecule has 0 saturated heterocycles. The summed E-state index contributed by atoms with van der Waals surface area (Å²) in [6.45, 7) is 3.19. The number of amides is 1. The molecular formula is C21H20Cl2N2O4S. The molecule has 0 bridgehead atoms. The first-order chi connectivity index (χ1) is 14.1. The standard InChI is InChI=1S/C21H20Cl2N2O4S/c1-21(2)14-4-3-9-24-17(14)18(26)19(30(21,28)29)12-7-8-15(22)13(16(12)23)10-25-20(27)11-5-6-11/h3-4,7-9,11,26H,5-6,10H2,1-2H3,(H,25,27). The summed E-state index contributed by atoms with van der Waals surface area (Å²) in [6.07, 6.45) is 3.20. The molecule has 2 aliphatic rings. The van der Waals surface area contributed by atoms with Crippen molar-refractivity contribution in [3.05, 3.63) is 62.9 Å². The van der Waals surface area contributed by atoms with Crippen LogP contribution in [0.3, 0.4) is 0 Å². The van der Waals surface area contributed by atoms with E-state index in [9.17, 15) is 18.3 Å². The monoisotopic (exact) mass is 466 g/mol. The molecule has 2 aromatic rings. The Balaban J connectivity index is 1.87. The summed E-state index contributed by atoms with van der Waals surface area (Å²) in [7, 11) is -4.03. The normalized spacial score (nSPS) is 19.3. The third-order valence-electron chi connectivity index (χ3n) is 5.65. The Labute approximate surface area is 184 Å². The van der Waals surface area contributed by atoms with Crippen LogP contribution in [0.4, 0.5) is 0 Å². The van der Waals surface area contributed by atoms with Crippen LogP contribution >= 0.6 is 23.2 Å². The molecule has 0 unspecified atom stereocenters. The quantitative estimate of drug-likeness (QED) is 0.692. The van der Waals surface area contributed by atoms with Gasteiger partial charge in [0.2, 0.25) is 5.91 Å². The van der Waals surface area contributed by atoms with Crippen LogP contribution in [-0.4, -0.2) is 24.4 Å². The highest BCUT2D eigenvalue weighted by molar-refractivity contribution is 8.01. The number of halogens is 2. The van der Waals surface area contributed by atoms with Gasteiger partial charge in [0.05, 0.1) is 9.77 Å². The van der Waals surface area contributed by atoms with E-state index in [-0.39, 0.29) is 39.6 Å². The minimum Gasteiger partial charge on any atom is -0.504 e. The first-order valence-electron chi connectivity index (χ1n) is 9.46. The van der Waals surface area contributed by atoms with Crippen molar-refractivity contribution in [3.63, 3.8) is 0 Å². The molecule has 1 aromatic carbocycles. The second kappa shape index (κ2) is 7.25. The molecular weight excluding hydrogens is 447 g/mol. The predicted molar refractivity (Wildman–Crippen MR) is 117 cm³/mol. The zero-order valence-electron chi connectivity index (χ0n) is 16.4. The number of sulfone groups is 1. The lowest BCUT2D eigenvalue weighted by Crippen LogP contribution is -2.35. The van der Waals surface area contributed by atoms with Gasteiger partial charge in [0.15, 0.2) is 15.6 Å². The highest BCUT2D eigenvalue weighted by Gasteiger charge is 2.48. The van der Waals surface area contributed by atoms with Gasteiger partial charge in [-0.2, -0.15) is 0 Å². The Hall–Kier alpha value is -2.09. The van der Waals surface area contributed by atoms with Crippen molar-refractivity contribution < 1.29 is 18.3 Å². The second-order valence-electron chi connectivity index (χ2n) is 7.97. The number of pyridine rings is 1. The number of carbonyl (C=O) groups is 1. The lowest BCUT2D eigenvalue weighted by molar-refractivity contribution is -0.122. The summed E-state index contributed by atoms with van der Waals surface area (Å²) >= 11 is 12.9. The Kier molecular flexibility index (Phi) is 5.11. The van der Waals surface area contributed by atoms with E-state index in [1.807, 2.05) is 0 Å². The average molecular weight is 467 g/mol. The molecule has 1 aliphatic heterocycles. The number of benzene rings is 1. The first-order valence-corrected chi connectivity index (χ1v) is 11.7. The Morgan fingerprint density at radius 2 is 1.97 bits per heavy atom. The number of hydrogen-bond acceptors (Lipinski definition) is 5. The molecule has 1 fully saturated rings. The second-order valence-corrected chi connectivity index (χ2v) is 11.2. The molecule has 1 aromatic heterocycles. The molecule has 6 nitrogen and oxygen atoms in total. The summed E-state index contributed by atoms with van der Waals surface area (Å²) < 4.78 is 25.7. The van der Waals surface area contributed by atoms with Gasteiger partial charge < -0.3 is 10.4 Å². The van der Waals surface area contributed by atoms with Crippen molar-refractivity contribution in [1.82, 2.24) is 10.3 Å². The van der Waals surface area contributed by atoms with Crippen molar-refractivity contribution in [2.24, 2.45) is 5.92 Å². The van der Waals surface area contributed by atoms with E-state index in [1.165, 1.54) is 18.3 Å². The van der Waals surface area contributed by atoms with Crippen LogP contribution < -0.4 is 5.32 Å². The average Bonchev–Trinajstić information content (AvgIpc) is 3.53. The summed E-state index contributed by atoms with van der Waals surface area (Å²) in [5.74, 6) is -0.527. The SMILES string of the molecule is CC1(C)c2cccnc2C(O)=C(c2ccc(Cl)c(CNC(=O)C3CC3)c2Cl)S1(=O)=O. The largest absolute Gasteiger partial charge is 0.504 e. The summed E-state index contributed by atoms with van der Waals surface area (Å²) in [5.41, 5.74) is 1.12. The van der Waals surface area contributed by atoms with Crippen LogP contribution in [-0.2, 0) is 25.9 Å². The molecule has 9 heteroatoms. The third-order valence-corrected chi connectivity index (χ3v) is 8.95. The van der Waals surface area contributed by atoms with Crippen molar-refractivity contribution >= 4 is 49.6 Å². The van der Waals surface area contributed by atoms with Gasteiger partial charge in [-0.1, -0.05) is 35.3 Å². The van der Waals surface area contributed by atoms with Crippen LogP contribution in [0.25, 0.3) is 10.7 Å². The van der Waals surface area contributed by atoms with E-state index in [0.29, 0.717) is 16.1 Å². The molecule has 2 N–H and O–H groups in total. The lowest BCUT2D eigenvalue weighted by Gasteiger charge is -2.33. The molecule has 30 heavy (non-hydrogen) atoms. The number of aromatic nitrogens is 1. The van der Waals surface area contributed by atoms with E-state index in [0.717, 1.165) is 12.8 Å². The van der Waals surface area contributed by atoms with Gasteiger partial charge in [-0.3, -0.25) is 9.78 Å². The van der Waals surface area contributed by atoms with Crippen molar-refractivity contribution in [3.8, 4) is 0 Å². The number of aliphatic hydroxyl groups is 1. The van der Waals surface area contributed by atoms with Gasteiger partial charge in [-0.15, -0.1) is 0 Å². The summed E-state index contributed by atoms with van der Waals surface area (Å²) in [5, 5.41) is 14.1. The molecule has 0 atom stereocenters. The van der Waals surface area contributed by atoms with E-state index in [2.05, 4.69) is 10.3 Å². The fourth-order valence-electron chi connectivity index (χ4n) is 3.59. The Bertz CT molecular complexity index is 1200. The van der Waals surface area contributed by atoms with Crippen LogP contribution in [0.15, 0.2) is 30.5 Å². The Morgan fingerprint density at radius 3 is 2.63 bits per heavy atom. The number of aliphatic hydroxyl groups excluding tert-OH is 1. The van der Waals surface area contributed by atoms with Crippen LogP contribution in [0, 0.1) is 5.92 Å². The van der Waals surface area contributed by atoms with E-state index < -0.39 is 20.3 Å². The van der Waals surface area contributed by atoms with Gasteiger partial charge in [0.1, 0.15) is 10.6 Å². The van der Waals surface area contributed by atoms with Crippen LogP contribution in [0.5, 0.6) is 0 Å². The minimum atomic E-state index is -4.03. The zero-order valence-corrected chi connectivity index (χ0v) is 18.7. The van der Waals surface area contributed by atoms with Gasteiger partial charge in [0.25, 0.3) is 0 Å². The lowest BCUT2D eigenvalue weighted by atomic mass is 9.97. The highest BCUT2D eigenvalue weighted by Crippen LogP contribution is 2.49. The molecule has 1 amide bonds. The summed E-state index contributed by atoms with van der Waals surface area (Å²) in [4.78, 5) is 15.9. The molecule has 4 rings (SSSR count). The summed E-state index contributed by atoms with van der Waals surface area (Å²) in [6, 6.07) is 6.24. The maximum Gasteiger partial charge on any atom is 0.223 e. The van der Waals surface area contributed by atoms with Crippen molar-refractivity contribution in [2.75, 3.05) is 0 Å². The number of rotatable bonds is 4. The number of nitrogens with zero attached hydrogens (tertiary/aromatic N) is 1. The van der Waals surface area contributed by atoms with E-state index in [4.69, 9.17) is 23.2 Å². The maximum absolute atomic E-state index is 13.5. The van der Waals surface area contributed by atoms with Gasteiger partial charge in [0, 0.05) is 40.4 Å². The molecule has 158 valence electrons. The number of hydrogen-bond donors (Lipinski definition) is 2. The smallest absolute Gasteiger partial charge is 0.223 e. The van der Waals surface area contributed by atoms with Gasteiger partial charge in [-0.25, -0.2) is 8.42 Å². The fourth-order valence-corrected chi connectivity index (χ4v) is 6.02. The van der Waals surface area contributed by atoms with Gasteiger partial charge in [-0.05, 0) is 38.8 Å². The van der Waals surface area contributed by atoms with Crippen LogP contribution in [0.2, 0.25) is 10.0 Å². The zero-order chi connectivity index (χ0) is 21.8. The van der Waals surface area contributed by atoms with Crippen molar-refractivity contribution in [2.45, 2.75) is 38.0 Å². The minimum absolute atomic E-state index is 0.0135. The Morgan fingerprint density at radius 1 is 1.27 bits per heavy atom. The van der Waals surface area contributed by atoms with E-state index in [1.54, 1.807) is 26.0 Å². The number of fused-ring (bicyclic) bond motifs is 1. The topological polar surface area (TPSA) is 96.4 Å². The van der Waals surface area contributed by atoms with Crippen molar-refractivity contribution in [1.29, 1.82) is 0 Å². The van der Waals surface area contributed by atoms with Crippen LogP contribution in [0.1, 0.15) is 49.1 Å². The van der Waals surface area contributed by atoms with E-state index >= 15 is 0 Å². The van der Waals surface area contributed by atoms with Gasteiger partial charge >= 0.3 is 0 Å².